The number of ether oxygens (including phenoxy) is 2. The molecule has 1 saturated heterocycles. The summed E-state index contributed by atoms with van der Waals surface area (Å²) in [6, 6.07) is 26.0. The zero-order valence-electron chi connectivity index (χ0n) is 20.6. The molecule has 4 rings (SSSR count). The largest absolute Gasteiger partial charge is 0.466 e. The Morgan fingerprint density at radius 1 is 0.861 bits per heavy atom. The fourth-order valence-electron chi connectivity index (χ4n) is 4.61. The zero-order chi connectivity index (χ0) is 25.4. The highest BCUT2D eigenvalue weighted by Crippen LogP contribution is 2.37. The van der Waals surface area contributed by atoms with Crippen molar-refractivity contribution in [1.82, 2.24) is 4.90 Å². The van der Waals surface area contributed by atoms with Crippen LogP contribution in [0.2, 0.25) is 0 Å². The quantitative estimate of drug-likeness (QED) is 0.354. The summed E-state index contributed by atoms with van der Waals surface area (Å²) >= 11 is 0. The van der Waals surface area contributed by atoms with E-state index in [9.17, 15) is 13.2 Å². The number of carbonyl (C=O) groups is 1. The van der Waals surface area contributed by atoms with E-state index in [4.69, 9.17) is 9.47 Å². The predicted molar refractivity (Wildman–Crippen MR) is 140 cm³/mol. The van der Waals surface area contributed by atoms with Crippen LogP contribution in [-0.4, -0.2) is 51.3 Å². The molecule has 1 fully saturated rings. The molecule has 0 amide bonds. The molecule has 36 heavy (non-hydrogen) atoms. The van der Waals surface area contributed by atoms with Crippen LogP contribution in [0.4, 0.5) is 0 Å². The molecule has 1 aliphatic rings. The third-order valence-electron chi connectivity index (χ3n) is 6.71. The molecule has 0 bridgehead atoms. The van der Waals surface area contributed by atoms with Gasteiger partial charge in [0, 0.05) is 6.54 Å². The normalized spacial score (nSPS) is 15.8. The summed E-state index contributed by atoms with van der Waals surface area (Å²) in [5.41, 5.74) is 0.221. The van der Waals surface area contributed by atoms with Crippen molar-refractivity contribution in [2.45, 2.75) is 31.1 Å². The molecule has 1 aliphatic heterocycles. The SMILES string of the molecule is CCOC(=O)C1(CS(=O)(=O)c2ccc(Oc3ccccc3)cc2)CCN(CCc2ccccc2)CC1. The molecular formula is C29H33NO5S. The molecule has 3 aromatic rings. The van der Waals surface area contributed by atoms with Gasteiger partial charge in [-0.3, -0.25) is 4.79 Å². The van der Waals surface area contributed by atoms with E-state index in [1.807, 2.05) is 48.5 Å². The number of rotatable bonds is 10. The molecule has 0 aromatic heterocycles. The van der Waals surface area contributed by atoms with Crippen molar-refractivity contribution in [3.63, 3.8) is 0 Å². The third-order valence-corrected chi connectivity index (χ3v) is 8.63. The Balaban J connectivity index is 1.43. The molecule has 3 aromatic carbocycles. The highest BCUT2D eigenvalue weighted by Gasteiger charge is 2.46. The van der Waals surface area contributed by atoms with Crippen molar-refractivity contribution in [2.24, 2.45) is 5.41 Å². The Kier molecular flexibility index (Phi) is 8.44. The predicted octanol–water partition coefficient (Wildman–Crippen LogP) is 5.14. The average Bonchev–Trinajstić information content (AvgIpc) is 2.90. The van der Waals surface area contributed by atoms with Gasteiger partial charge in [0.2, 0.25) is 0 Å². The molecule has 7 heteroatoms. The number of piperidine rings is 1. The lowest BCUT2D eigenvalue weighted by molar-refractivity contribution is -0.157. The van der Waals surface area contributed by atoms with E-state index >= 15 is 0 Å². The van der Waals surface area contributed by atoms with E-state index in [1.165, 1.54) is 5.56 Å². The number of likely N-dealkylation sites (tertiary alicyclic amines) is 1. The lowest BCUT2D eigenvalue weighted by atomic mass is 9.80. The van der Waals surface area contributed by atoms with Crippen LogP contribution in [0, 0.1) is 5.41 Å². The molecule has 0 radical (unpaired) electrons. The van der Waals surface area contributed by atoms with Crippen molar-refractivity contribution in [1.29, 1.82) is 0 Å². The number of nitrogens with zero attached hydrogens (tertiary/aromatic N) is 1. The summed E-state index contributed by atoms with van der Waals surface area (Å²) in [5, 5.41) is 0. The van der Waals surface area contributed by atoms with Crippen molar-refractivity contribution in [3.8, 4) is 11.5 Å². The molecule has 190 valence electrons. The average molecular weight is 508 g/mol. The maximum absolute atomic E-state index is 13.4. The van der Waals surface area contributed by atoms with Crippen molar-refractivity contribution >= 4 is 15.8 Å². The Hall–Kier alpha value is -3.16. The van der Waals surface area contributed by atoms with Gasteiger partial charge in [0.15, 0.2) is 9.84 Å². The lowest BCUT2D eigenvalue weighted by Crippen LogP contribution is -2.49. The first-order valence-electron chi connectivity index (χ1n) is 12.4. The van der Waals surface area contributed by atoms with Gasteiger partial charge < -0.3 is 14.4 Å². The van der Waals surface area contributed by atoms with E-state index in [0.717, 1.165) is 13.0 Å². The monoisotopic (exact) mass is 507 g/mol. The number of para-hydroxylation sites is 1. The van der Waals surface area contributed by atoms with Crippen molar-refractivity contribution in [3.05, 3.63) is 90.5 Å². The topological polar surface area (TPSA) is 72.9 Å². The first-order chi connectivity index (χ1) is 17.4. The van der Waals surface area contributed by atoms with Crippen molar-refractivity contribution < 1.29 is 22.7 Å². The van der Waals surface area contributed by atoms with Crippen LogP contribution < -0.4 is 4.74 Å². The van der Waals surface area contributed by atoms with Crippen LogP contribution in [0.1, 0.15) is 25.3 Å². The first kappa shape index (κ1) is 25.9. The Morgan fingerprint density at radius 3 is 2.06 bits per heavy atom. The first-order valence-corrected chi connectivity index (χ1v) is 14.0. The third kappa shape index (κ3) is 6.53. The van der Waals surface area contributed by atoms with Crippen LogP contribution in [0.15, 0.2) is 89.8 Å². The lowest BCUT2D eigenvalue weighted by Gasteiger charge is -2.39. The molecule has 0 N–H and O–H groups in total. The molecule has 0 aliphatic carbocycles. The van der Waals surface area contributed by atoms with E-state index < -0.39 is 21.2 Å². The standard InChI is InChI=1S/C29H33NO5S/c1-2-34-28(31)29(18-21-30(22-19-29)20-17-24-9-5-3-6-10-24)23-36(32,33)27-15-13-26(14-16-27)35-25-11-7-4-8-12-25/h3-16H,2,17-23H2,1H3. The maximum Gasteiger partial charge on any atom is 0.313 e. The van der Waals surface area contributed by atoms with Crippen LogP contribution >= 0.6 is 0 Å². The number of carbonyl (C=O) groups excluding carboxylic acids is 1. The molecule has 0 unspecified atom stereocenters. The second-order valence-electron chi connectivity index (χ2n) is 9.22. The second-order valence-corrected chi connectivity index (χ2v) is 11.2. The molecule has 0 saturated carbocycles. The Labute approximate surface area is 213 Å². The number of hydrogen-bond donors (Lipinski definition) is 0. The van der Waals surface area contributed by atoms with Gasteiger partial charge in [-0.05, 0) is 81.2 Å². The molecule has 6 nitrogen and oxygen atoms in total. The summed E-state index contributed by atoms with van der Waals surface area (Å²) in [4.78, 5) is 15.5. The minimum absolute atomic E-state index is 0.179. The van der Waals surface area contributed by atoms with Crippen LogP contribution in [0.5, 0.6) is 11.5 Å². The van der Waals surface area contributed by atoms with Crippen LogP contribution in [0.3, 0.4) is 0 Å². The summed E-state index contributed by atoms with van der Waals surface area (Å²) < 4.78 is 38.0. The summed E-state index contributed by atoms with van der Waals surface area (Å²) in [5.74, 6) is 0.547. The molecular weight excluding hydrogens is 474 g/mol. The molecule has 0 atom stereocenters. The van der Waals surface area contributed by atoms with Gasteiger partial charge >= 0.3 is 5.97 Å². The van der Waals surface area contributed by atoms with E-state index in [1.54, 1.807) is 31.2 Å². The van der Waals surface area contributed by atoms with Gasteiger partial charge in [-0.15, -0.1) is 0 Å². The van der Waals surface area contributed by atoms with Gasteiger partial charge in [-0.2, -0.15) is 0 Å². The summed E-state index contributed by atoms with van der Waals surface area (Å²) in [6.45, 7) is 4.17. The zero-order valence-corrected chi connectivity index (χ0v) is 21.5. The minimum Gasteiger partial charge on any atom is -0.466 e. The van der Waals surface area contributed by atoms with Crippen molar-refractivity contribution in [2.75, 3.05) is 32.0 Å². The fourth-order valence-corrected chi connectivity index (χ4v) is 6.47. The molecule has 0 spiro atoms. The number of hydrogen-bond acceptors (Lipinski definition) is 6. The van der Waals surface area contributed by atoms with Crippen LogP contribution in [0.25, 0.3) is 0 Å². The Bertz CT molecular complexity index is 1220. The van der Waals surface area contributed by atoms with E-state index in [2.05, 4.69) is 17.0 Å². The summed E-state index contributed by atoms with van der Waals surface area (Å²) in [7, 11) is -3.72. The van der Waals surface area contributed by atoms with E-state index in [0.29, 0.717) is 37.4 Å². The van der Waals surface area contributed by atoms with Gasteiger partial charge in [0.1, 0.15) is 11.5 Å². The number of esters is 1. The Morgan fingerprint density at radius 2 is 1.44 bits per heavy atom. The number of sulfone groups is 1. The van der Waals surface area contributed by atoms with Gasteiger partial charge in [0.05, 0.1) is 22.7 Å². The highest BCUT2D eigenvalue weighted by molar-refractivity contribution is 7.91. The van der Waals surface area contributed by atoms with E-state index in [-0.39, 0.29) is 17.3 Å². The number of benzene rings is 3. The fraction of sp³-hybridized carbons (Fsp3) is 0.345. The minimum atomic E-state index is -3.72. The van der Waals surface area contributed by atoms with Gasteiger partial charge in [-0.25, -0.2) is 8.42 Å². The highest BCUT2D eigenvalue weighted by atomic mass is 32.2. The summed E-state index contributed by atoms with van der Waals surface area (Å²) in [6.07, 6.45) is 1.83. The van der Waals surface area contributed by atoms with Gasteiger partial charge in [-0.1, -0.05) is 48.5 Å². The maximum atomic E-state index is 13.4. The van der Waals surface area contributed by atoms with Crippen LogP contribution in [-0.2, 0) is 25.8 Å². The van der Waals surface area contributed by atoms with Gasteiger partial charge in [0.25, 0.3) is 0 Å². The second kappa shape index (κ2) is 11.7. The molecule has 1 heterocycles. The smallest absolute Gasteiger partial charge is 0.313 e.